The fraction of sp³-hybridized carbons (Fsp3) is 0.462. The van der Waals surface area contributed by atoms with Gasteiger partial charge in [-0.15, -0.1) is 0 Å². The summed E-state index contributed by atoms with van der Waals surface area (Å²) in [7, 11) is -1.85. The predicted molar refractivity (Wildman–Crippen MR) is 77.3 cm³/mol. The lowest BCUT2D eigenvalue weighted by molar-refractivity contribution is 0.406. The smallest absolute Gasteiger partial charge is 0.263 e. The second kappa shape index (κ2) is 4.75. The molecule has 0 amide bonds. The highest BCUT2D eigenvalue weighted by Crippen LogP contribution is 2.30. The minimum Gasteiger partial charge on any atom is -0.371 e. The van der Waals surface area contributed by atoms with Crippen molar-refractivity contribution in [1.29, 1.82) is 0 Å². The third-order valence-corrected chi connectivity index (χ3v) is 5.81. The second-order valence-corrected chi connectivity index (χ2v) is 6.86. The first kappa shape index (κ1) is 13.4. The predicted octanol–water partition coefficient (Wildman–Crippen LogP) is 1.55. The average molecular weight is 294 g/mol. The van der Waals surface area contributed by atoms with Crippen LogP contribution in [0.4, 0.5) is 5.82 Å². The van der Waals surface area contributed by atoms with Gasteiger partial charge in [0.25, 0.3) is 10.0 Å². The highest BCUT2D eigenvalue weighted by molar-refractivity contribution is 7.89. The summed E-state index contributed by atoms with van der Waals surface area (Å²) in [6, 6.07) is 5.49. The van der Waals surface area contributed by atoms with Crippen LogP contribution in [0.5, 0.6) is 0 Å². The van der Waals surface area contributed by atoms with Crippen LogP contribution in [-0.4, -0.2) is 41.7 Å². The largest absolute Gasteiger partial charge is 0.371 e. The summed E-state index contributed by atoms with van der Waals surface area (Å²) >= 11 is 0. The second-order valence-electron chi connectivity index (χ2n) is 5.05. The number of anilines is 1. The number of nitrogens with zero attached hydrogens (tertiary/aromatic N) is 3. The van der Waals surface area contributed by atoms with Crippen molar-refractivity contribution in [1.82, 2.24) is 13.7 Å². The zero-order chi connectivity index (χ0) is 14.3. The molecule has 0 radical (unpaired) electrons. The summed E-state index contributed by atoms with van der Waals surface area (Å²) in [4.78, 5) is 4.34. The zero-order valence-electron chi connectivity index (χ0n) is 11.6. The summed E-state index contributed by atoms with van der Waals surface area (Å²) in [5.41, 5.74) is 0.627. The molecule has 7 heteroatoms. The SMILES string of the molecule is CNc1nc2ccccn2c1S(=O)(=O)N1CCCC1C. The van der Waals surface area contributed by atoms with Gasteiger partial charge in [0.1, 0.15) is 5.65 Å². The van der Waals surface area contributed by atoms with Gasteiger partial charge in [0.05, 0.1) is 0 Å². The molecule has 0 saturated carbocycles. The topological polar surface area (TPSA) is 66.7 Å². The number of fused-ring (bicyclic) bond motifs is 1. The maximum absolute atomic E-state index is 12.9. The van der Waals surface area contributed by atoms with Gasteiger partial charge in [0.15, 0.2) is 10.8 Å². The molecule has 1 atom stereocenters. The third-order valence-electron chi connectivity index (χ3n) is 3.77. The van der Waals surface area contributed by atoms with Gasteiger partial charge in [-0.1, -0.05) is 6.07 Å². The molecular weight excluding hydrogens is 276 g/mol. The average Bonchev–Trinajstić information content (AvgIpc) is 3.01. The number of aromatic nitrogens is 2. The van der Waals surface area contributed by atoms with Crippen LogP contribution in [0.1, 0.15) is 19.8 Å². The van der Waals surface area contributed by atoms with Crippen LogP contribution in [0.2, 0.25) is 0 Å². The van der Waals surface area contributed by atoms with E-state index in [2.05, 4.69) is 10.3 Å². The van der Waals surface area contributed by atoms with Crippen molar-refractivity contribution in [3.8, 4) is 0 Å². The van der Waals surface area contributed by atoms with E-state index in [0.717, 1.165) is 12.8 Å². The van der Waals surface area contributed by atoms with Gasteiger partial charge in [-0.2, -0.15) is 4.31 Å². The van der Waals surface area contributed by atoms with Gasteiger partial charge in [-0.25, -0.2) is 13.4 Å². The van der Waals surface area contributed by atoms with Gasteiger partial charge >= 0.3 is 0 Å². The Morgan fingerprint density at radius 1 is 1.40 bits per heavy atom. The van der Waals surface area contributed by atoms with Crippen molar-refractivity contribution in [3.63, 3.8) is 0 Å². The molecule has 1 N–H and O–H groups in total. The van der Waals surface area contributed by atoms with Crippen LogP contribution < -0.4 is 5.32 Å². The van der Waals surface area contributed by atoms with Crippen molar-refractivity contribution in [2.24, 2.45) is 0 Å². The Labute approximate surface area is 118 Å². The minimum absolute atomic E-state index is 0.0407. The summed E-state index contributed by atoms with van der Waals surface area (Å²) < 4.78 is 29.1. The molecule has 1 saturated heterocycles. The highest BCUT2D eigenvalue weighted by atomic mass is 32.2. The summed E-state index contributed by atoms with van der Waals surface area (Å²) in [5.74, 6) is 0.398. The van der Waals surface area contributed by atoms with Gasteiger partial charge in [-0.05, 0) is 31.9 Å². The molecule has 2 aromatic heterocycles. The minimum atomic E-state index is -3.54. The van der Waals surface area contributed by atoms with Gasteiger partial charge < -0.3 is 5.32 Å². The van der Waals surface area contributed by atoms with Crippen molar-refractivity contribution in [2.45, 2.75) is 30.8 Å². The molecule has 0 aromatic carbocycles. The fourth-order valence-corrected chi connectivity index (χ4v) is 4.72. The summed E-state index contributed by atoms with van der Waals surface area (Å²) in [6.07, 6.45) is 3.55. The first-order valence-corrected chi connectivity index (χ1v) is 8.16. The van der Waals surface area contributed by atoms with E-state index >= 15 is 0 Å². The van der Waals surface area contributed by atoms with E-state index in [4.69, 9.17) is 0 Å². The Balaban J connectivity index is 2.22. The Bertz CT molecular complexity index is 738. The number of hydrogen-bond acceptors (Lipinski definition) is 4. The van der Waals surface area contributed by atoms with Crippen molar-refractivity contribution < 1.29 is 8.42 Å². The highest BCUT2D eigenvalue weighted by Gasteiger charge is 2.36. The van der Waals surface area contributed by atoms with Crippen LogP contribution in [0.3, 0.4) is 0 Å². The van der Waals surface area contributed by atoms with Gasteiger partial charge in [-0.3, -0.25) is 4.40 Å². The lowest BCUT2D eigenvalue weighted by atomic mass is 10.3. The third kappa shape index (κ3) is 1.89. The van der Waals surface area contributed by atoms with Crippen molar-refractivity contribution in [3.05, 3.63) is 24.4 Å². The standard InChI is InChI=1S/C13H18N4O2S/c1-10-6-5-9-17(10)20(18,19)13-12(14-2)15-11-7-3-4-8-16(11)13/h3-4,7-8,10,14H,5-6,9H2,1-2H3. The molecule has 1 aliphatic heterocycles. The lowest BCUT2D eigenvalue weighted by Crippen LogP contribution is -2.34. The van der Waals surface area contributed by atoms with E-state index in [-0.39, 0.29) is 11.1 Å². The monoisotopic (exact) mass is 294 g/mol. The molecule has 0 spiro atoms. The first-order valence-electron chi connectivity index (χ1n) is 6.72. The number of rotatable bonds is 3. The molecule has 108 valence electrons. The fourth-order valence-electron chi connectivity index (χ4n) is 2.76. The molecule has 2 aromatic rings. The van der Waals surface area contributed by atoms with E-state index in [9.17, 15) is 8.42 Å². The molecule has 1 fully saturated rings. The van der Waals surface area contributed by atoms with Crippen LogP contribution in [0, 0.1) is 0 Å². The summed E-state index contributed by atoms with van der Waals surface area (Å²) in [5, 5.41) is 3.12. The van der Waals surface area contributed by atoms with E-state index in [1.165, 1.54) is 0 Å². The zero-order valence-corrected chi connectivity index (χ0v) is 12.4. The number of pyridine rings is 1. The molecule has 3 rings (SSSR count). The Morgan fingerprint density at radius 3 is 2.85 bits per heavy atom. The van der Waals surface area contributed by atoms with Crippen molar-refractivity contribution >= 4 is 21.5 Å². The van der Waals surface area contributed by atoms with Crippen LogP contribution in [-0.2, 0) is 10.0 Å². The van der Waals surface area contributed by atoms with Crippen LogP contribution in [0.25, 0.3) is 5.65 Å². The van der Waals surface area contributed by atoms with Crippen molar-refractivity contribution in [2.75, 3.05) is 18.9 Å². The first-order chi connectivity index (χ1) is 9.55. The molecule has 0 aliphatic carbocycles. The Kier molecular flexibility index (Phi) is 3.18. The Hall–Kier alpha value is -1.60. The quantitative estimate of drug-likeness (QED) is 0.932. The number of nitrogens with one attached hydrogen (secondary N) is 1. The molecule has 1 unspecified atom stereocenters. The molecule has 3 heterocycles. The van der Waals surface area contributed by atoms with Gasteiger partial charge in [0.2, 0.25) is 0 Å². The number of sulfonamides is 1. The van der Waals surface area contributed by atoms with Gasteiger partial charge in [0, 0.05) is 25.8 Å². The van der Waals surface area contributed by atoms with E-state index in [1.807, 2.05) is 13.0 Å². The van der Waals surface area contributed by atoms with Crippen LogP contribution in [0.15, 0.2) is 29.4 Å². The van der Waals surface area contributed by atoms with E-state index in [0.29, 0.717) is 18.0 Å². The molecule has 1 aliphatic rings. The molecular formula is C13H18N4O2S. The number of imidazole rings is 1. The summed E-state index contributed by atoms with van der Waals surface area (Å²) in [6.45, 7) is 2.53. The van der Waals surface area contributed by atoms with E-state index < -0.39 is 10.0 Å². The van der Waals surface area contributed by atoms with E-state index in [1.54, 1.807) is 34.1 Å². The maximum atomic E-state index is 12.9. The van der Waals surface area contributed by atoms with Crippen LogP contribution >= 0.6 is 0 Å². The molecule has 20 heavy (non-hydrogen) atoms. The Morgan fingerprint density at radius 2 is 2.20 bits per heavy atom. The number of hydrogen-bond donors (Lipinski definition) is 1. The molecule has 0 bridgehead atoms. The lowest BCUT2D eigenvalue weighted by Gasteiger charge is -2.21. The normalized spacial score (nSPS) is 20.6. The maximum Gasteiger partial charge on any atom is 0.263 e. The molecule has 6 nitrogen and oxygen atoms in total.